The van der Waals surface area contributed by atoms with Gasteiger partial charge in [0.1, 0.15) is 17.0 Å². The summed E-state index contributed by atoms with van der Waals surface area (Å²) in [6.07, 6.45) is 2.17. The number of H-pyrrole nitrogens is 1. The van der Waals surface area contributed by atoms with E-state index in [0.29, 0.717) is 27.9 Å². The maximum absolute atomic E-state index is 12.3. The monoisotopic (exact) mass is 400 g/mol. The molecular weight excluding hydrogens is 378 g/mol. The average molecular weight is 401 g/mol. The summed E-state index contributed by atoms with van der Waals surface area (Å²) in [6, 6.07) is 3.34. The summed E-state index contributed by atoms with van der Waals surface area (Å²) in [7, 11) is 0. The number of aromatic nitrogens is 4. The molecule has 148 valence electrons. The van der Waals surface area contributed by atoms with E-state index in [9.17, 15) is 13.6 Å². The number of fused-ring (bicyclic) bond motifs is 1. The second kappa shape index (κ2) is 7.43. The number of carbonyl (C=O) groups excluding carboxylic acids is 1. The Bertz CT molecular complexity index is 989. The summed E-state index contributed by atoms with van der Waals surface area (Å²) >= 11 is 6.01. The summed E-state index contributed by atoms with van der Waals surface area (Å²) in [6.45, 7) is 2.44. The molecule has 3 N–H and O–H groups in total. The van der Waals surface area contributed by atoms with Crippen molar-refractivity contribution in [1.82, 2.24) is 25.3 Å². The second-order valence-corrected chi connectivity index (χ2v) is 6.81. The smallest absolute Gasteiger partial charge is 0.255 e. The fourth-order valence-corrected chi connectivity index (χ4v) is 2.65. The molecule has 1 amide bonds. The molecule has 0 aliphatic rings. The lowest BCUT2D eigenvalue weighted by atomic mass is 10.0. The first kappa shape index (κ1) is 19.0. The number of alkyl halides is 2. The third kappa shape index (κ3) is 4.30. The Labute approximate surface area is 163 Å². The van der Waals surface area contributed by atoms with Gasteiger partial charge in [0.05, 0.1) is 11.6 Å². The molecule has 7 nitrogen and oxygen atoms in total. The molecule has 0 aliphatic heterocycles. The van der Waals surface area contributed by atoms with E-state index < -0.39 is 24.4 Å². The highest BCUT2D eigenvalue weighted by molar-refractivity contribution is 6.31. The first-order valence-electron chi connectivity index (χ1n) is 8.07. The number of carbonyl (C=O) groups is 1. The SMILES string of the molecule is CC(C)(Nc1ccnc(-c2c[nH]c3ncc(Cl)cc23)n1)C(=O)NCC(F)F.[HH].[HH].[HH]. The zero-order chi connectivity index (χ0) is 19.6. The Kier molecular flexibility index (Phi) is 5.22. The highest BCUT2D eigenvalue weighted by Gasteiger charge is 2.28. The predicted octanol–water partition coefficient (Wildman–Crippen LogP) is 3.98. The number of hydrogen-bond acceptors (Lipinski definition) is 5. The summed E-state index contributed by atoms with van der Waals surface area (Å²) in [4.78, 5) is 28.0. The second-order valence-electron chi connectivity index (χ2n) is 6.37. The molecule has 0 bridgehead atoms. The maximum atomic E-state index is 12.3. The van der Waals surface area contributed by atoms with Gasteiger partial charge in [0.15, 0.2) is 5.82 Å². The van der Waals surface area contributed by atoms with E-state index in [-0.39, 0.29) is 4.28 Å². The molecule has 3 heterocycles. The van der Waals surface area contributed by atoms with Crippen LogP contribution in [0.2, 0.25) is 5.02 Å². The molecule has 0 spiro atoms. The largest absolute Gasteiger partial charge is 0.356 e. The van der Waals surface area contributed by atoms with Gasteiger partial charge in [-0.2, -0.15) is 0 Å². The van der Waals surface area contributed by atoms with Gasteiger partial charge >= 0.3 is 0 Å². The van der Waals surface area contributed by atoms with Gasteiger partial charge in [-0.05, 0) is 26.0 Å². The predicted molar refractivity (Wildman–Crippen MR) is 105 cm³/mol. The number of aromatic amines is 1. The molecule has 0 aromatic carbocycles. The van der Waals surface area contributed by atoms with Crippen molar-refractivity contribution in [3.8, 4) is 11.4 Å². The number of amides is 1. The number of anilines is 1. The fraction of sp³-hybridized carbons (Fsp3) is 0.294. The lowest BCUT2D eigenvalue weighted by Gasteiger charge is -2.25. The van der Waals surface area contributed by atoms with E-state index in [2.05, 4.69) is 30.6 Å². The van der Waals surface area contributed by atoms with E-state index >= 15 is 0 Å². The van der Waals surface area contributed by atoms with Crippen molar-refractivity contribution in [3.63, 3.8) is 0 Å². The van der Waals surface area contributed by atoms with Crippen molar-refractivity contribution in [2.75, 3.05) is 11.9 Å². The van der Waals surface area contributed by atoms with E-state index in [0.717, 1.165) is 5.39 Å². The van der Waals surface area contributed by atoms with Crippen molar-refractivity contribution in [1.29, 1.82) is 0 Å². The Morgan fingerprint density at radius 3 is 2.93 bits per heavy atom. The van der Waals surface area contributed by atoms with Gasteiger partial charge in [-0.25, -0.2) is 23.7 Å². The van der Waals surface area contributed by atoms with Gasteiger partial charge in [0.25, 0.3) is 6.43 Å². The van der Waals surface area contributed by atoms with Crippen molar-refractivity contribution < 1.29 is 17.9 Å². The van der Waals surface area contributed by atoms with E-state index in [4.69, 9.17) is 11.6 Å². The standard InChI is InChI=1S/C17H17ClF2N6O.3H2/c1-17(2,16(27)24-8-12(19)20)26-13-3-4-21-15(25-13)11-7-23-14-10(11)5-9(18)6-22-14;;;/h3-7,12H,8H2,1-2H3,(H,22,23)(H,24,27)(H,21,25,26);3*1H. The summed E-state index contributed by atoms with van der Waals surface area (Å²) in [5.74, 6) is 0.215. The molecule has 0 unspecified atom stereocenters. The molecule has 0 atom stereocenters. The van der Waals surface area contributed by atoms with Crippen LogP contribution in [0, 0.1) is 0 Å². The minimum atomic E-state index is -2.61. The van der Waals surface area contributed by atoms with Gasteiger partial charge < -0.3 is 15.6 Å². The highest BCUT2D eigenvalue weighted by atomic mass is 35.5. The van der Waals surface area contributed by atoms with Crippen LogP contribution in [-0.2, 0) is 4.79 Å². The normalized spacial score (nSPS) is 11.8. The summed E-state index contributed by atoms with van der Waals surface area (Å²) in [5.41, 5.74) is 0.192. The molecule has 0 radical (unpaired) electrons. The molecule has 3 aromatic heterocycles. The maximum Gasteiger partial charge on any atom is 0.255 e. The molecule has 0 saturated heterocycles. The van der Waals surface area contributed by atoms with Gasteiger partial charge in [0.2, 0.25) is 5.91 Å². The van der Waals surface area contributed by atoms with E-state index in [1.165, 1.54) is 12.4 Å². The van der Waals surface area contributed by atoms with Crippen molar-refractivity contribution in [2.24, 2.45) is 0 Å². The Morgan fingerprint density at radius 1 is 1.41 bits per heavy atom. The number of nitrogens with one attached hydrogen (secondary N) is 3. The van der Waals surface area contributed by atoms with Crippen LogP contribution in [0.4, 0.5) is 14.6 Å². The molecule has 27 heavy (non-hydrogen) atoms. The minimum absolute atomic E-state index is 0. The quantitative estimate of drug-likeness (QED) is 0.581. The van der Waals surface area contributed by atoms with E-state index in [1.807, 2.05) is 0 Å². The fourth-order valence-electron chi connectivity index (χ4n) is 2.49. The molecule has 0 fully saturated rings. The van der Waals surface area contributed by atoms with Gasteiger partial charge in [-0.1, -0.05) is 11.6 Å². The number of nitrogens with zero attached hydrogens (tertiary/aromatic N) is 3. The molecule has 0 aliphatic carbocycles. The summed E-state index contributed by atoms with van der Waals surface area (Å²) in [5, 5.41) is 6.37. The molecule has 10 heteroatoms. The molecule has 0 saturated carbocycles. The zero-order valence-corrected chi connectivity index (χ0v) is 15.3. The van der Waals surface area contributed by atoms with E-state index in [1.54, 1.807) is 32.2 Å². The molecule has 3 aromatic rings. The van der Waals surface area contributed by atoms with Crippen molar-refractivity contribution in [2.45, 2.75) is 25.8 Å². The number of hydrogen-bond donors (Lipinski definition) is 3. The third-order valence-corrected chi connectivity index (χ3v) is 4.03. The lowest BCUT2D eigenvalue weighted by Crippen LogP contribution is -2.49. The topological polar surface area (TPSA) is 95.6 Å². The van der Waals surface area contributed by atoms with Gasteiger partial charge in [-0.3, -0.25) is 4.79 Å². The first-order chi connectivity index (χ1) is 12.8. The number of halogens is 3. The third-order valence-electron chi connectivity index (χ3n) is 3.82. The highest BCUT2D eigenvalue weighted by Crippen LogP contribution is 2.27. The van der Waals surface area contributed by atoms with Crippen LogP contribution in [0.1, 0.15) is 18.1 Å². The number of rotatable bonds is 6. The molecule has 3 rings (SSSR count). The van der Waals surface area contributed by atoms with Crippen molar-refractivity contribution in [3.05, 3.63) is 35.7 Å². The Morgan fingerprint density at radius 2 is 2.19 bits per heavy atom. The van der Waals surface area contributed by atoms with Gasteiger partial charge in [0, 0.05) is 33.8 Å². The minimum Gasteiger partial charge on any atom is -0.356 e. The Balaban J connectivity index is 0.00000280. The zero-order valence-electron chi connectivity index (χ0n) is 14.6. The van der Waals surface area contributed by atoms with Crippen LogP contribution in [0.25, 0.3) is 22.4 Å². The van der Waals surface area contributed by atoms with Crippen molar-refractivity contribution >= 4 is 34.4 Å². The summed E-state index contributed by atoms with van der Waals surface area (Å²) < 4.78 is 24.6. The van der Waals surface area contributed by atoms with Gasteiger partial charge in [-0.15, -0.1) is 0 Å². The van der Waals surface area contributed by atoms with Crippen LogP contribution >= 0.6 is 11.6 Å². The Hall–Kier alpha value is -2.81. The average Bonchev–Trinajstić information content (AvgIpc) is 3.02. The molecular formula is C17H23ClF2N6O. The van der Waals surface area contributed by atoms with Crippen LogP contribution < -0.4 is 10.6 Å². The lowest BCUT2D eigenvalue weighted by molar-refractivity contribution is -0.125. The van der Waals surface area contributed by atoms with Crippen LogP contribution in [0.5, 0.6) is 0 Å². The number of pyridine rings is 1. The first-order valence-corrected chi connectivity index (χ1v) is 8.45. The van der Waals surface area contributed by atoms with Crippen LogP contribution in [0.15, 0.2) is 30.7 Å². The van der Waals surface area contributed by atoms with Crippen LogP contribution in [-0.4, -0.2) is 44.4 Å². The van der Waals surface area contributed by atoms with Crippen LogP contribution in [0.3, 0.4) is 0 Å².